The van der Waals surface area contributed by atoms with Crippen molar-refractivity contribution in [3.63, 3.8) is 0 Å². The second kappa shape index (κ2) is 6.05. The molecule has 0 spiro atoms. The predicted octanol–water partition coefficient (Wildman–Crippen LogP) is 1.44. The number of carboxylic acid groups (broad SMARTS) is 1. The van der Waals surface area contributed by atoms with Crippen molar-refractivity contribution in [2.24, 2.45) is 5.92 Å². The molecule has 0 unspecified atom stereocenters. The van der Waals surface area contributed by atoms with Crippen molar-refractivity contribution in [2.75, 3.05) is 24.5 Å². The number of carboxylic acids is 1. The van der Waals surface area contributed by atoms with Crippen LogP contribution in [-0.2, 0) is 9.59 Å². The van der Waals surface area contributed by atoms with Gasteiger partial charge in [0.2, 0.25) is 5.91 Å². The van der Waals surface area contributed by atoms with Gasteiger partial charge in [-0.15, -0.1) is 0 Å². The fraction of sp³-hybridized carbons (Fsp3) is 0.467. The molecule has 1 amide bonds. The Labute approximate surface area is 118 Å². The summed E-state index contributed by atoms with van der Waals surface area (Å²) < 4.78 is 0. The van der Waals surface area contributed by atoms with Crippen molar-refractivity contribution in [2.45, 2.75) is 19.9 Å². The van der Waals surface area contributed by atoms with Crippen LogP contribution in [0.4, 0.5) is 5.69 Å². The predicted molar refractivity (Wildman–Crippen MR) is 76.6 cm³/mol. The number of nitrogens with zero attached hydrogens (tertiary/aromatic N) is 2. The summed E-state index contributed by atoms with van der Waals surface area (Å²) in [7, 11) is 0. The van der Waals surface area contributed by atoms with Crippen molar-refractivity contribution in [3.05, 3.63) is 30.3 Å². The summed E-state index contributed by atoms with van der Waals surface area (Å²) in [6, 6.07) is 9.62. The Hall–Kier alpha value is -1.88. The van der Waals surface area contributed by atoms with Gasteiger partial charge in [-0.1, -0.05) is 18.2 Å². The Balaban J connectivity index is 1.97. The van der Waals surface area contributed by atoms with Crippen LogP contribution in [0.1, 0.15) is 13.8 Å². The molecule has 2 rings (SSSR count). The molecule has 1 N–H and O–H groups in total. The number of rotatable bonds is 5. The van der Waals surface area contributed by atoms with Crippen LogP contribution in [0, 0.1) is 5.92 Å². The number of carbonyl (C=O) groups excluding carboxylic acids is 1. The molecule has 5 heteroatoms. The first-order chi connectivity index (χ1) is 9.49. The van der Waals surface area contributed by atoms with E-state index in [1.54, 1.807) is 4.90 Å². The topological polar surface area (TPSA) is 60.9 Å². The van der Waals surface area contributed by atoms with Crippen molar-refractivity contribution >= 4 is 17.6 Å². The van der Waals surface area contributed by atoms with Gasteiger partial charge in [0.1, 0.15) is 0 Å². The highest BCUT2D eigenvalue weighted by Crippen LogP contribution is 2.20. The Morgan fingerprint density at radius 1 is 1.30 bits per heavy atom. The molecule has 0 bridgehead atoms. The summed E-state index contributed by atoms with van der Waals surface area (Å²) in [5, 5.41) is 8.84. The van der Waals surface area contributed by atoms with Crippen molar-refractivity contribution in [1.29, 1.82) is 0 Å². The van der Waals surface area contributed by atoms with Gasteiger partial charge < -0.3 is 10.0 Å². The second-order valence-corrected chi connectivity index (χ2v) is 5.42. The van der Waals surface area contributed by atoms with E-state index < -0.39 is 5.97 Å². The monoisotopic (exact) mass is 276 g/mol. The first kappa shape index (κ1) is 14.5. The molecule has 0 aromatic heterocycles. The van der Waals surface area contributed by atoms with Crippen LogP contribution in [0.2, 0.25) is 0 Å². The van der Waals surface area contributed by atoms with E-state index in [2.05, 4.69) is 0 Å². The van der Waals surface area contributed by atoms with Crippen LogP contribution in [0.5, 0.6) is 0 Å². The van der Waals surface area contributed by atoms with E-state index in [9.17, 15) is 9.59 Å². The third-order valence-electron chi connectivity index (χ3n) is 3.48. The quantitative estimate of drug-likeness (QED) is 0.884. The van der Waals surface area contributed by atoms with Gasteiger partial charge in [0.15, 0.2) is 0 Å². The summed E-state index contributed by atoms with van der Waals surface area (Å²) in [4.78, 5) is 26.8. The van der Waals surface area contributed by atoms with Crippen molar-refractivity contribution < 1.29 is 14.7 Å². The number of anilines is 1. The lowest BCUT2D eigenvalue weighted by molar-refractivity contribution is -0.148. The number of para-hydroxylation sites is 1. The van der Waals surface area contributed by atoms with E-state index in [-0.39, 0.29) is 24.4 Å². The second-order valence-electron chi connectivity index (χ2n) is 5.42. The third-order valence-corrected chi connectivity index (χ3v) is 3.48. The van der Waals surface area contributed by atoms with Gasteiger partial charge in [0.25, 0.3) is 0 Å². The molecule has 1 heterocycles. The van der Waals surface area contributed by atoms with E-state index in [0.29, 0.717) is 13.1 Å². The Morgan fingerprint density at radius 2 is 1.90 bits per heavy atom. The van der Waals surface area contributed by atoms with Gasteiger partial charge in [-0.05, 0) is 26.0 Å². The van der Waals surface area contributed by atoms with Gasteiger partial charge in [-0.25, -0.2) is 0 Å². The largest absolute Gasteiger partial charge is 0.481 e. The SMILES string of the molecule is CC(C)N(C(=O)CN1CC(C(=O)O)C1)c1ccccc1. The lowest BCUT2D eigenvalue weighted by Crippen LogP contribution is -2.54. The number of amides is 1. The summed E-state index contributed by atoms with van der Waals surface area (Å²) in [6.45, 7) is 5.14. The van der Waals surface area contributed by atoms with Gasteiger partial charge in [-0.2, -0.15) is 0 Å². The van der Waals surface area contributed by atoms with Crippen molar-refractivity contribution in [1.82, 2.24) is 4.90 Å². The highest BCUT2D eigenvalue weighted by molar-refractivity contribution is 5.95. The van der Waals surface area contributed by atoms with Crippen LogP contribution in [0.3, 0.4) is 0 Å². The summed E-state index contributed by atoms with van der Waals surface area (Å²) in [6.07, 6.45) is 0. The van der Waals surface area contributed by atoms with E-state index in [1.165, 1.54) is 0 Å². The average Bonchev–Trinajstić information content (AvgIpc) is 2.33. The summed E-state index contributed by atoms with van der Waals surface area (Å²) in [5.74, 6) is -1.10. The number of benzene rings is 1. The molecule has 1 aromatic rings. The standard InChI is InChI=1S/C15H20N2O3/c1-11(2)17(13-6-4-3-5-7-13)14(18)10-16-8-12(9-16)15(19)20/h3-7,11-12H,8-10H2,1-2H3,(H,19,20). The number of hydrogen-bond donors (Lipinski definition) is 1. The third kappa shape index (κ3) is 3.17. The number of aliphatic carboxylic acids is 1. The molecule has 1 aliphatic rings. The Morgan fingerprint density at radius 3 is 2.40 bits per heavy atom. The maximum Gasteiger partial charge on any atom is 0.309 e. The van der Waals surface area contributed by atoms with Gasteiger partial charge >= 0.3 is 5.97 Å². The molecule has 1 aliphatic heterocycles. The lowest BCUT2D eigenvalue weighted by atomic mass is 10.0. The lowest BCUT2D eigenvalue weighted by Gasteiger charge is -2.38. The Bertz CT molecular complexity index is 481. The minimum absolute atomic E-state index is 0.00930. The van der Waals surface area contributed by atoms with Crippen LogP contribution in [0.15, 0.2) is 30.3 Å². The van der Waals surface area contributed by atoms with Gasteiger partial charge in [-0.3, -0.25) is 14.5 Å². The molecule has 0 atom stereocenters. The minimum atomic E-state index is -0.780. The number of likely N-dealkylation sites (tertiary alicyclic amines) is 1. The number of hydrogen-bond acceptors (Lipinski definition) is 3. The maximum atomic E-state index is 12.4. The molecule has 0 aliphatic carbocycles. The van der Waals surface area contributed by atoms with Crippen LogP contribution >= 0.6 is 0 Å². The molecule has 1 aromatic carbocycles. The minimum Gasteiger partial charge on any atom is -0.481 e. The number of carbonyl (C=O) groups is 2. The molecule has 1 saturated heterocycles. The van der Waals surface area contributed by atoms with E-state index >= 15 is 0 Å². The average molecular weight is 276 g/mol. The van der Waals surface area contributed by atoms with Crippen LogP contribution < -0.4 is 4.90 Å². The zero-order valence-electron chi connectivity index (χ0n) is 11.8. The molecular formula is C15H20N2O3. The molecular weight excluding hydrogens is 256 g/mol. The van der Waals surface area contributed by atoms with E-state index in [1.807, 2.05) is 49.1 Å². The molecule has 20 heavy (non-hydrogen) atoms. The van der Waals surface area contributed by atoms with Crippen LogP contribution in [0.25, 0.3) is 0 Å². The zero-order valence-corrected chi connectivity index (χ0v) is 11.8. The van der Waals surface area contributed by atoms with Gasteiger partial charge in [0, 0.05) is 24.8 Å². The van der Waals surface area contributed by atoms with E-state index in [4.69, 9.17) is 5.11 Å². The molecule has 108 valence electrons. The van der Waals surface area contributed by atoms with E-state index in [0.717, 1.165) is 5.69 Å². The summed E-state index contributed by atoms with van der Waals surface area (Å²) in [5.41, 5.74) is 0.878. The molecule has 5 nitrogen and oxygen atoms in total. The smallest absolute Gasteiger partial charge is 0.309 e. The normalized spacial score (nSPS) is 15.9. The maximum absolute atomic E-state index is 12.4. The first-order valence-electron chi connectivity index (χ1n) is 6.81. The molecule has 0 radical (unpaired) electrons. The highest BCUT2D eigenvalue weighted by atomic mass is 16.4. The Kier molecular flexibility index (Phi) is 4.39. The highest BCUT2D eigenvalue weighted by Gasteiger charge is 2.34. The zero-order chi connectivity index (χ0) is 14.7. The van der Waals surface area contributed by atoms with Crippen LogP contribution in [-0.4, -0.2) is 47.6 Å². The fourth-order valence-corrected chi connectivity index (χ4v) is 2.44. The fourth-order valence-electron chi connectivity index (χ4n) is 2.44. The molecule has 1 fully saturated rings. The van der Waals surface area contributed by atoms with Crippen molar-refractivity contribution in [3.8, 4) is 0 Å². The summed E-state index contributed by atoms with van der Waals surface area (Å²) >= 11 is 0. The first-order valence-corrected chi connectivity index (χ1v) is 6.81. The van der Waals surface area contributed by atoms with Gasteiger partial charge in [0.05, 0.1) is 12.5 Å². The molecule has 0 saturated carbocycles.